The second kappa shape index (κ2) is 27.6. The van der Waals surface area contributed by atoms with Gasteiger partial charge in [0, 0.05) is 6.61 Å². The number of nitrogens with two attached hydrogens (primary N) is 2. The van der Waals surface area contributed by atoms with Gasteiger partial charge in [0.15, 0.2) is 23.2 Å². The smallest absolute Gasteiger partial charge is 0.382 e. The number of nitrogens with zero attached hydrogens (tertiary/aromatic N) is 9. The van der Waals surface area contributed by atoms with Crippen LogP contribution in [0.1, 0.15) is 147 Å². The highest BCUT2D eigenvalue weighted by atomic mass is 31.2. The van der Waals surface area contributed by atoms with Gasteiger partial charge in [-0.1, -0.05) is 76.9 Å². The van der Waals surface area contributed by atoms with Gasteiger partial charge in [-0.05, 0) is 108 Å². The Morgan fingerprint density at radius 3 is 1.70 bits per heavy atom. The van der Waals surface area contributed by atoms with Gasteiger partial charge >= 0.3 is 7.82 Å². The van der Waals surface area contributed by atoms with Crippen LogP contribution in [0.4, 0.5) is 16.0 Å². The number of hydrogen-bond donors (Lipinski definition) is 2. The van der Waals surface area contributed by atoms with Crippen molar-refractivity contribution >= 4 is 30.5 Å². The molecule has 4 aliphatic rings. The summed E-state index contributed by atoms with van der Waals surface area (Å²) >= 11 is 0. The number of fused-ring (bicyclic) bond motifs is 4. The lowest BCUT2D eigenvalue weighted by Crippen LogP contribution is -2.40. The fraction of sp³-hybridized carbons (Fsp3) is 0.610. The summed E-state index contributed by atoms with van der Waals surface area (Å²) in [7, 11) is -4.87. The number of rotatable bonds is 32. The summed E-state index contributed by atoms with van der Waals surface area (Å²) in [5, 5.41) is 40.4. The normalized spacial score (nSPS) is 25.5. The number of phosphoric acid groups is 1. The van der Waals surface area contributed by atoms with Gasteiger partial charge in [0.25, 0.3) is 0 Å². The Hall–Kier alpha value is -6.01. The molecule has 0 radical (unpaired) electrons. The van der Waals surface area contributed by atoms with E-state index >= 15 is 4.57 Å². The maximum atomic E-state index is 15.6. The molecule has 452 valence electrons. The molecular weight excluding hydrogens is 1100 g/mol. The second-order valence-electron chi connectivity index (χ2n) is 22.6. The van der Waals surface area contributed by atoms with Crippen molar-refractivity contribution in [3.63, 3.8) is 0 Å². The van der Waals surface area contributed by atoms with E-state index in [-0.39, 0.29) is 41.8 Å². The number of halogens is 1. The first kappa shape index (κ1) is 62.5. The number of benzene rings is 1. The molecule has 9 atom stereocenters. The molecular formula is C59H77FN11O12P. The summed E-state index contributed by atoms with van der Waals surface area (Å²) in [6, 6.07) is 17.0. The summed E-state index contributed by atoms with van der Waals surface area (Å²) in [5.74, 6) is -2.73. The Morgan fingerprint density at radius 2 is 1.19 bits per heavy atom. The van der Waals surface area contributed by atoms with Crippen LogP contribution in [-0.2, 0) is 73.8 Å². The third kappa shape index (κ3) is 14.3. The van der Waals surface area contributed by atoms with Crippen LogP contribution >= 0.6 is 7.82 Å². The molecule has 0 bridgehead atoms. The molecule has 25 heteroatoms. The zero-order valence-corrected chi connectivity index (χ0v) is 49.3. The largest absolute Gasteiger partial charge is 0.475 e. The van der Waals surface area contributed by atoms with Crippen molar-refractivity contribution in [2.24, 2.45) is 0 Å². The van der Waals surface area contributed by atoms with Gasteiger partial charge in [-0.15, -0.1) is 0 Å². The molecule has 0 amide bonds. The van der Waals surface area contributed by atoms with Crippen LogP contribution in [0.2, 0.25) is 0 Å². The first-order valence-electron chi connectivity index (χ1n) is 29.1. The molecule has 1 aromatic carbocycles. The molecule has 0 aliphatic carbocycles. The minimum absolute atomic E-state index is 0.0505. The summed E-state index contributed by atoms with van der Waals surface area (Å²) in [4.78, 5) is 8.17. The first-order chi connectivity index (χ1) is 40.5. The van der Waals surface area contributed by atoms with E-state index < -0.39 is 99.0 Å². The maximum absolute atomic E-state index is 15.6. The van der Waals surface area contributed by atoms with Gasteiger partial charge in [-0.3, -0.25) is 13.6 Å². The van der Waals surface area contributed by atoms with Crippen molar-refractivity contribution in [2.45, 2.75) is 197 Å². The minimum Gasteiger partial charge on any atom is -0.382 e. The van der Waals surface area contributed by atoms with Crippen LogP contribution < -0.4 is 11.5 Å². The molecule has 4 fully saturated rings. The first-order valence-corrected chi connectivity index (χ1v) is 30.6. The van der Waals surface area contributed by atoms with Gasteiger partial charge in [0.05, 0.1) is 56.1 Å². The van der Waals surface area contributed by atoms with E-state index in [2.05, 4.69) is 51.4 Å². The highest BCUT2D eigenvalue weighted by Gasteiger charge is 2.67. The molecule has 4 aromatic heterocycles. The van der Waals surface area contributed by atoms with Crippen molar-refractivity contribution in [1.29, 1.82) is 15.8 Å². The Balaban J connectivity index is 0.914. The van der Waals surface area contributed by atoms with Crippen LogP contribution in [0.5, 0.6) is 0 Å². The lowest BCUT2D eigenvalue weighted by atomic mass is 9.92. The molecule has 0 saturated carbocycles. The zero-order chi connectivity index (χ0) is 59.5. The molecule has 84 heavy (non-hydrogen) atoms. The average molecular weight is 1180 g/mol. The third-order valence-electron chi connectivity index (χ3n) is 15.4. The molecule has 23 nitrogen and oxygen atoms in total. The van der Waals surface area contributed by atoms with Crippen LogP contribution in [0.15, 0.2) is 67.3 Å². The average Bonchev–Trinajstić information content (AvgIpc) is 1.85. The van der Waals surface area contributed by atoms with Crippen LogP contribution in [0, 0.1) is 39.8 Å². The highest BCUT2D eigenvalue weighted by Crippen LogP contribution is 2.56. The standard InChI is InChI=1S/C59H77FN11O12P/c1-6-7-8-9-10-11-12-13-14-15-16-17-18-19-20-21-26-73-32-43(74-31-41-27-40(30-61)28-42(60)29-41)33-75-84(72,76-34-46-50-52(82-56(2,3)80-50)58(36-62,78-46)48-24-22-44-54(64)66-38-68-70(44)48)77-35-47-51-53(83-57(4,5)81-51)59(37-63,79-47)49-25-23-45-55(65)67-39-69-71(45)49/h13-14,22-25,27-29,38-39,43,46-47,50-53H,6-12,15-21,26,31-35H2,1-5H3,(H2,64,66,68)(H2,65,67,69)/b14-13-/t43-,46-,47-,50-,51-,52-,53-,58+,59+/m1/s1. The zero-order valence-electron chi connectivity index (χ0n) is 48.4. The Bertz CT molecular complexity index is 3100. The maximum Gasteiger partial charge on any atom is 0.475 e. The monoisotopic (exact) mass is 1180 g/mol. The van der Waals surface area contributed by atoms with E-state index in [9.17, 15) is 20.2 Å². The number of ether oxygens (including phenoxy) is 8. The molecule has 0 unspecified atom stereocenters. The van der Waals surface area contributed by atoms with Gasteiger partial charge in [-0.2, -0.15) is 26.0 Å². The molecule has 0 spiro atoms. The lowest BCUT2D eigenvalue weighted by molar-refractivity contribution is -0.205. The van der Waals surface area contributed by atoms with E-state index in [1.807, 2.05) is 6.07 Å². The van der Waals surface area contributed by atoms with Crippen LogP contribution in [0.3, 0.4) is 0 Å². The quantitative estimate of drug-likeness (QED) is 0.0230. The SMILES string of the molecule is CCCCCCCC/C=C\CCCCCCCCOC[C@H](COP(=O)(OC[C@H]1O[C@@](C#N)(c2ccc3c(N)ncnn23)[C@@H]2OC(C)(C)O[C@@H]21)OC[C@H]1O[C@@](C#N)(c2ccc3c(N)ncnn23)[C@@H]2OC(C)(C)O[C@@H]21)OCc1cc(F)cc(C#N)c1. The number of nitriles is 3. The van der Waals surface area contributed by atoms with Gasteiger partial charge < -0.3 is 49.4 Å². The van der Waals surface area contributed by atoms with E-state index in [1.54, 1.807) is 52.0 Å². The molecule has 9 rings (SSSR count). The lowest BCUT2D eigenvalue weighted by Gasteiger charge is -2.30. The predicted octanol–water partition coefficient (Wildman–Crippen LogP) is 9.72. The topological polar surface area (TPSA) is 302 Å². The second-order valence-corrected chi connectivity index (χ2v) is 24.3. The van der Waals surface area contributed by atoms with Crippen molar-refractivity contribution < 1.29 is 60.4 Å². The van der Waals surface area contributed by atoms with Crippen molar-refractivity contribution in [1.82, 2.24) is 29.2 Å². The fourth-order valence-electron chi connectivity index (χ4n) is 11.4. The molecule has 4 saturated heterocycles. The third-order valence-corrected chi connectivity index (χ3v) is 16.8. The van der Waals surface area contributed by atoms with E-state index in [0.717, 1.165) is 57.4 Å². The number of nitrogen functional groups attached to an aromatic ring is 2. The predicted molar refractivity (Wildman–Crippen MR) is 302 cm³/mol. The minimum atomic E-state index is -4.87. The molecule has 4 N–H and O–H groups in total. The van der Waals surface area contributed by atoms with Crippen LogP contribution in [0.25, 0.3) is 11.0 Å². The Kier molecular flexibility index (Phi) is 20.5. The van der Waals surface area contributed by atoms with Crippen molar-refractivity contribution in [3.8, 4) is 18.2 Å². The number of phosphoric ester groups is 1. The van der Waals surface area contributed by atoms with Crippen molar-refractivity contribution in [3.05, 3.63) is 95.6 Å². The van der Waals surface area contributed by atoms with E-state index in [4.69, 9.17) is 62.9 Å². The van der Waals surface area contributed by atoms with Gasteiger partial charge in [0.1, 0.15) is 84.4 Å². The number of unbranched alkanes of at least 4 members (excludes halogenated alkanes) is 12. The summed E-state index contributed by atoms with van der Waals surface area (Å²) < 4.78 is 103. The number of hydrogen-bond acceptors (Lipinski definition) is 21. The number of anilines is 2. The van der Waals surface area contributed by atoms with Crippen molar-refractivity contribution in [2.75, 3.05) is 44.5 Å². The fourth-order valence-corrected chi connectivity index (χ4v) is 12.6. The Morgan fingerprint density at radius 1 is 0.679 bits per heavy atom. The van der Waals surface area contributed by atoms with Crippen LogP contribution in [-0.4, -0.2) is 117 Å². The molecule has 5 aromatic rings. The summed E-state index contributed by atoms with van der Waals surface area (Å²) in [5.41, 5.74) is 10.5. The van der Waals surface area contributed by atoms with Gasteiger partial charge in [0.2, 0.25) is 11.2 Å². The summed E-state index contributed by atoms with van der Waals surface area (Å²) in [6.07, 6.45) is 16.0. The van der Waals surface area contributed by atoms with E-state index in [1.165, 1.54) is 72.3 Å². The molecule has 4 aliphatic heterocycles. The van der Waals surface area contributed by atoms with E-state index in [0.29, 0.717) is 23.2 Å². The number of allylic oxidation sites excluding steroid dienone is 2. The van der Waals surface area contributed by atoms with Gasteiger partial charge in [-0.25, -0.2) is 28.0 Å². The Labute approximate surface area is 489 Å². The highest BCUT2D eigenvalue weighted by molar-refractivity contribution is 7.48. The number of aromatic nitrogens is 6. The summed E-state index contributed by atoms with van der Waals surface area (Å²) in [6.45, 7) is 7.60. The molecule has 8 heterocycles.